The number of ether oxygens (including phenoxy) is 2. The number of β-amino-alcohol motifs (C(OH)–C–C–N with tert-alkyl or cyclic N) is 1. The monoisotopic (exact) mass is 597 g/mol. The van der Waals surface area contributed by atoms with Crippen LogP contribution in [0.25, 0.3) is 0 Å². The largest absolute Gasteiger partial charge is 0.445 e. The molecule has 2 unspecified atom stereocenters. The maximum absolute atomic E-state index is 13.4. The van der Waals surface area contributed by atoms with E-state index in [1.807, 2.05) is 58.0 Å². The van der Waals surface area contributed by atoms with Gasteiger partial charge in [0.1, 0.15) is 25.3 Å². The molecule has 4 atom stereocenters. The van der Waals surface area contributed by atoms with Crippen molar-refractivity contribution in [3.05, 3.63) is 66.0 Å². The predicted octanol–water partition coefficient (Wildman–Crippen LogP) is 2.75. The van der Waals surface area contributed by atoms with Crippen LogP contribution < -0.4 is 16.0 Å². The van der Waals surface area contributed by atoms with E-state index in [1.54, 1.807) is 24.5 Å². The fourth-order valence-electron chi connectivity index (χ4n) is 4.73. The van der Waals surface area contributed by atoms with Gasteiger partial charge in [0.05, 0.1) is 12.1 Å². The SMILES string of the molecule is CC(C)C[C@H](NC(=O)OCc1ccccc1)C(=O)NC1CN(C(=O)[C@H](CC(C)C)NC(=O)OCc2ccncc2)CC1O. The van der Waals surface area contributed by atoms with Crippen molar-refractivity contribution in [2.24, 2.45) is 11.8 Å². The number of hydrogen-bond donors (Lipinski definition) is 4. The van der Waals surface area contributed by atoms with Crippen molar-refractivity contribution in [2.75, 3.05) is 13.1 Å². The number of amides is 4. The van der Waals surface area contributed by atoms with Crippen molar-refractivity contribution >= 4 is 24.0 Å². The number of hydrogen-bond acceptors (Lipinski definition) is 8. The van der Waals surface area contributed by atoms with Crippen molar-refractivity contribution in [1.29, 1.82) is 0 Å². The molecule has 43 heavy (non-hydrogen) atoms. The Hall–Kier alpha value is -4.19. The molecule has 0 bridgehead atoms. The lowest BCUT2D eigenvalue weighted by Gasteiger charge is -2.26. The highest BCUT2D eigenvalue weighted by molar-refractivity contribution is 5.87. The Bertz CT molecular complexity index is 1200. The topological polar surface area (TPSA) is 159 Å². The van der Waals surface area contributed by atoms with Gasteiger partial charge < -0.3 is 35.4 Å². The highest BCUT2D eigenvalue weighted by Gasteiger charge is 2.39. The van der Waals surface area contributed by atoms with Gasteiger partial charge in [0.15, 0.2) is 0 Å². The minimum absolute atomic E-state index is 0.0203. The van der Waals surface area contributed by atoms with Crippen molar-refractivity contribution < 1.29 is 33.8 Å². The fourth-order valence-corrected chi connectivity index (χ4v) is 4.73. The average Bonchev–Trinajstić information content (AvgIpc) is 3.34. The van der Waals surface area contributed by atoms with Gasteiger partial charge >= 0.3 is 12.2 Å². The van der Waals surface area contributed by atoms with Gasteiger partial charge in [-0.05, 0) is 47.9 Å². The maximum Gasteiger partial charge on any atom is 0.408 e. The number of nitrogens with one attached hydrogen (secondary N) is 3. The van der Waals surface area contributed by atoms with Crippen LogP contribution in [0.3, 0.4) is 0 Å². The third-order valence-electron chi connectivity index (χ3n) is 6.87. The van der Waals surface area contributed by atoms with Crippen LogP contribution in [0.4, 0.5) is 9.59 Å². The first-order valence-corrected chi connectivity index (χ1v) is 14.6. The van der Waals surface area contributed by atoms with Crippen LogP contribution in [0.1, 0.15) is 51.7 Å². The van der Waals surface area contributed by atoms with Crippen LogP contribution >= 0.6 is 0 Å². The van der Waals surface area contributed by atoms with Gasteiger partial charge in [-0.15, -0.1) is 0 Å². The molecular weight excluding hydrogens is 554 g/mol. The Morgan fingerprint density at radius 1 is 0.837 bits per heavy atom. The van der Waals surface area contributed by atoms with E-state index in [2.05, 4.69) is 20.9 Å². The smallest absolute Gasteiger partial charge is 0.408 e. The third kappa shape index (κ3) is 11.2. The Morgan fingerprint density at radius 3 is 1.95 bits per heavy atom. The van der Waals surface area contributed by atoms with Gasteiger partial charge in [0.2, 0.25) is 11.8 Å². The van der Waals surface area contributed by atoms with Gasteiger partial charge in [0.25, 0.3) is 0 Å². The quantitative estimate of drug-likeness (QED) is 0.274. The molecule has 12 nitrogen and oxygen atoms in total. The van der Waals surface area contributed by atoms with E-state index in [4.69, 9.17) is 9.47 Å². The molecule has 1 aromatic carbocycles. The van der Waals surface area contributed by atoms with Crippen molar-refractivity contribution in [3.63, 3.8) is 0 Å². The lowest BCUT2D eigenvalue weighted by Crippen LogP contribution is -2.53. The predicted molar refractivity (Wildman–Crippen MR) is 158 cm³/mol. The summed E-state index contributed by atoms with van der Waals surface area (Å²) in [4.78, 5) is 57.0. The molecule has 3 rings (SSSR count). The summed E-state index contributed by atoms with van der Waals surface area (Å²) in [5.41, 5.74) is 1.57. The Balaban J connectivity index is 1.56. The number of carbonyl (C=O) groups is 4. The first kappa shape index (κ1) is 33.3. The summed E-state index contributed by atoms with van der Waals surface area (Å²) in [6.45, 7) is 7.81. The molecule has 0 spiro atoms. The Morgan fingerprint density at radius 2 is 1.37 bits per heavy atom. The molecular formula is C31H43N5O7. The lowest BCUT2D eigenvalue weighted by atomic mass is 10.0. The van der Waals surface area contributed by atoms with Gasteiger partial charge in [-0.25, -0.2) is 9.59 Å². The van der Waals surface area contributed by atoms with E-state index in [0.29, 0.717) is 12.8 Å². The van der Waals surface area contributed by atoms with Gasteiger partial charge in [-0.1, -0.05) is 58.0 Å². The molecule has 1 saturated heterocycles. The molecule has 234 valence electrons. The van der Waals surface area contributed by atoms with E-state index in [-0.39, 0.29) is 44.0 Å². The number of benzene rings is 1. The molecule has 0 saturated carbocycles. The summed E-state index contributed by atoms with van der Waals surface area (Å²) < 4.78 is 10.6. The summed E-state index contributed by atoms with van der Waals surface area (Å²) in [5, 5.41) is 18.8. The lowest BCUT2D eigenvalue weighted by molar-refractivity contribution is -0.133. The number of aromatic nitrogens is 1. The van der Waals surface area contributed by atoms with E-state index < -0.39 is 42.3 Å². The van der Waals surface area contributed by atoms with Crippen molar-refractivity contribution in [3.8, 4) is 0 Å². The molecule has 4 N–H and O–H groups in total. The van der Waals surface area contributed by atoms with Crippen LogP contribution in [0.2, 0.25) is 0 Å². The molecule has 12 heteroatoms. The van der Waals surface area contributed by atoms with Gasteiger partial charge in [-0.3, -0.25) is 14.6 Å². The number of aliphatic hydroxyl groups is 1. The number of aliphatic hydroxyl groups excluding tert-OH is 1. The highest BCUT2D eigenvalue weighted by Crippen LogP contribution is 2.16. The second kappa shape index (κ2) is 16.4. The number of pyridine rings is 1. The number of carbonyl (C=O) groups excluding carboxylic acids is 4. The van der Waals surface area contributed by atoms with Crippen LogP contribution in [0.5, 0.6) is 0 Å². The summed E-state index contributed by atoms with van der Waals surface area (Å²) >= 11 is 0. The van der Waals surface area contributed by atoms with Crippen LogP contribution in [0, 0.1) is 11.8 Å². The second-order valence-corrected chi connectivity index (χ2v) is 11.6. The van der Waals surface area contributed by atoms with E-state index in [9.17, 15) is 24.3 Å². The number of alkyl carbamates (subject to hydrolysis) is 2. The third-order valence-corrected chi connectivity index (χ3v) is 6.87. The van der Waals surface area contributed by atoms with Crippen LogP contribution in [-0.2, 0) is 32.3 Å². The molecule has 1 aliphatic heterocycles. The normalized spacial score (nSPS) is 17.7. The second-order valence-electron chi connectivity index (χ2n) is 11.6. The standard InChI is InChI=1S/C31H43N5O7/c1-20(2)14-24(34-30(40)42-18-22-8-6-5-7-9-22)28(38)33-26-16-36(17-27(26)37)29(39)25(15-21(3)4)35-31(41)43-19-23-10-12-32-13-11-23/h5-13,20-21,24-27,37H,14-19H2,1-4H3,(H,33,38)(H,34,40)(H,35,41)/t24-,25-,26?,27?/m0/s1. The molecule has 1 aliphatic rings. The zero-order valence-corrected chi connectivity index (χ0v) is 25.2. The van der Waals surface area contributed by atoms with E-state index in [1.165, 1.54) is 4.90 Å². The molecule has 0 aliphatic carbocycles. The first-order chi connectivity index (χ1) is 20.5. The Labute approximate surface area is 252 Å². The van der Waals surface area contributed by atoms with Gasteiger partial charge in [-0.2, -0.15) is 0 Å². The molecule has 1 aromatic heterocycles. The van der Waals surface area contributed by atoms with Crippen LogP contribution in [-0.4, -0.2) is 76.3 Å². The summed E-state index contributed by atoms with van der Waals surface area (Å²) in [5.74, 6) is -0.702. The maximum atomic E-state index is 13.4. The average molecular weight is 598 g/mol. The minimum atomic E-state index is -1.03. The number of rotatable bonds is 13. The number of likely N-dealkylation sites (tertiary alicyclic amines) is 1. The minimum Gasteiger partial charge on any atom is -0.445 e. The molecule has 2 heterocycles. The molecule has 2 aromatic rings. The summed E-state index contributed by atoms with van der Waals surface area (Å²) in [6, 6.07) is 10.1. The van der Waals surface area contributed by atoms with Crippen molar-refractivity contribution in [2.45, 2.75) is 78.0 Å². The molecule has 0 radical (unpaired) electrons. The fraction of sp³-hybridized carbons (Fsp3) is 0.516. The number of nitrogens with zero attached hydrogens (tertiary/aromatic N) is 2. The first-order valence-electron chi connectivity index (χ1n) is 14.6. The Kier molecular flexibility index (Phi) is 12.7. The van der Waals surface area contributed by atoms with Crippen molar-refractivity contribution in [1.82, 2.24) is 25.8 Å². The highest BCUT2D eigenvalue weighted by atomic mass is 16.6. The zero-order valence-electron chi connectivity index (χ0n) is 25.2. The molecule has 1 fully saturated rings. The van der Waals surface area contributed by atoms with E-state index >= 15 is 0 Å². The molecule has 4 amide bonds. The summed E-state index contributed by atoms with van der Waals surface area (Å²) in [6.07, 6.45) is 1.39. The van der Waals surface area contributed by atoms with Crippen LogP contribution in [0.15, 0.2) is 54.9 Å². The van der Waals surface area contributed by atoms with E-state index in [0.717, 1.165) is 11.1 Å². The summed E-state index contributed by atoms with van der Waals surface area (Å²) in [7, 11) is 0. The van der Waals surface area contributed by atoms with Gasteiger partial charge in [0, 0.05) is 25.5 Å². The zero-order chi connectivity index (χ0) is 31.4.